The second kappa shape index (κ2) is 11.6. The zero-order chi connectivity index (χ0) is 29.4. The van der Waals surface area contributed by atoms with Gasteiger partial charge in [-0.1, -0.05) is 17.7 Å². The molecule has 1 aromatic rings. The van der Waals surface area contributed by atoms with E-state index < -0.39 is 69.1 Å². The van der Waals surface area contributed by atoms with Crippen molar-refractivity contribution in [3.63, 3.8) is 0 Å². The summed E-state index contributed by atoms with van der Waals surface area (Å²) in [7, 11) is -4.26. The predicted octanol–water partition coefficient (Wildman–Crippen LogP) is 2.94. The summed E-state index contributed by atoms with van der Waals surface area (Å²) in [5.41, 5.74) is 1.27. The smallest absolute Gasteiger partial charge is 0.255 e. The Hall–Kier alpha value is -2.80. The number of fused-ring (bicyclic) bond motifs is 3. The second-order valence-corrected chi connectivity index (χ2v) is 13.0. The number of anilines is 1. The number of hydrogen-bond acceptors (Lipinski definition) is 6. The van der Waals surface area contributed by atoms with Crippen molar-refractivity contribution in [2.75, 3.05) is 24.7 Å². The lowest BCUT2D eigenvalue weighted by Crippen LogP contribution is -2.69. The van der Waals surface area contributed by atoms with Gasteiger partial charge < -0.3 is 20.9 Å². The summed E-state index contributed by atoms with van der Waals surface area (Å²) in [5.74, 6) is -7.20. The standard InChI is InChI=1S/C26H32ClF3N4O5S/c1-14-19(27)4-3-5-20(14)32-13-22(35)34-17-6-7-18(26(29,30)12-17)23(34)25(37)33-16(11-21(28)40(2,38)39)10-15-8-9-31-24(15)36/h3-5,11,15-18,23,32H,6-10,12-13H2,1-2H3,(H,31,36)(H,33,37)/b21-11+/t15-,16-,17-,18-,23+/m0/s1. The van der Waals surface area contributed by atoms with Crippen molar-refractivity contribution in [1.82, 2.24) is 15.5 Å². The summed E-state index contributed by atoms with van der Waals surface area (Å²) in [6.45, 7) is 1.83. The molecule has 3 N–H and O–H groups in total. The largest absolute Gasteiger partial charge is 0.376 e. The number of alkyl halides is 2. The van der Waals surface area contributed by atoms with Gasteiger partial charge in [-0.05, 0) is 56.4 Å². The Labute approximate surface area is 235 Å². The zero-order valence-corrected chi connectivity index (χ0v) is 23.6. The first-order chi connectivity index (χ1) is 18.7. The summed E-state index contributed by atoms with van der Waals surface area (Å²) in [4.78, 5) is 40.3. The fourth-order valence-corrected chi connectivity index (χ4v) is 6.41. The summed E-state index contributed by atoms with van der Waals surface area (Å²) >= 11 is 6.14. The third-order valence-corrected chi connectivity index (χ3v) is 9.16. The third-order valence-electron chi connectivity index (χ3n) is 7.91. The minimum absolute atomic E-state index is 0.00357. The lowest BCUT2D eigenvalue weighted by molar-refractivity contribution is -0.193. The number of rotatable bonds is 9. The molecular formula is C26H32ClF3N4O5S. The lowest BCUT2D eigenvalue weighted by atomic mass is 9.71. The summed E-state index contributed by atoms with van der Waals surface area (Å²) in [6, 6.07) is 1.34. The Kier molecular flexibility index (Phi) is 8.74. The Balaban J connectivity index is 1.59. The van der Waals surface area contributed by atoms with Crippen molar-refractivity contribution in [2.45, 2.75) is 63.1 Å². The number of carbonyl (C=O) groups is 3. The number of nitrogens with one attached hydrogen (secondary N) is 3. The maximum absolute atomic E-state index is 15.0. The molecule has 1 aromatic carbocycles. The van der Waals surface area contributed by atoms with E-state index in [1.165, 1.54) is 4.90 Å². The van der Waals surface area contributed by atoms with Gasteiger partial charge in [0.2, 0.25) is 32.7 Å². The number of hydrogen-bond donors (Lipinski definition) is 3. The molecular weight excluding hydrogens is 573 g/mol. The van der Waals surface area contributed by atoms with E-state index in [0.29, 0.717) is 48.0 Å². The van der Waals surface area contributed by atoms with Crippen LogP contribution in [0.1, 0.15) is 37.7 Å². The number of sulfone groups is 1. The van der Waals surface area contributed by atoms with Crippen molar-refractivity contribution in [1.29, 1.82) is 0 Å². The van der Waals surface area contributed by atoms with Crippen LogP contribution in [0, 0.1) is 18.8 Å². The van der Waals surface area contributed by atoms with Crippen molar-refractivity contribution in [2.24, 2.45) is 11.8 Å². The van der Waals surface area contributed by atoms with Gasteiger partial charge in [-0.3, -0.25) is 14.4 Å². The van der Waals surface area contributed by atoms with Crippen LogP contribution in [0.25, 0.3) is 0 Å². The van der Waals surface area contributed by atoms with Gasteiger partial charge in [0, 0.05) is 41.9 Å². The molecule has 5 atom stereocenters. The molecule has 14 heteroatoms. The van der Waals surface area contributed by atoms with Crippen LogP contribution in [0.4, 0.5) is 18.9 Å². The van der Waals surface area contributed by atoms with Crippen LogP contribution in [-0.2, 0) is 24.2 Å². The third kappa shape index (κ3) is 6.40. The molecule has 5 rings (SSSR count). The highest BCUT2D eigenvalue weighted by Crippen LogP contribution is 2.49. The first-order valence-electron chi connectivity index (χ1n) is 13.0. The molecule has 220 valence electrons. The van der Waals surface area contributed by atoms with E-state index in [4.69, 9.17) is 11.6 Å². The predicted molar refractivity (Wildman–Crippen MR) is 143 cm³/mol. The molecule has 0 aromatic heterocycles. The number of amides is 3. The number of piperidine rings is 2. The van der Waals surface area contributed by atoms with Gasteiger partial charge in [0.15, 0.2) is 0 Å². The molecule has 3 amide bonds. The number of carbonyl (C=O) groups excluding carboxylic acids is 3. The molecule has 9 nitrogen and oxygen atoms in total. The van der Waals surface area contributed by atoms with Crippen molar-refractivity contribution in [3.8, 4) is 0 Å². The van der Waals surface area contributed by atoms with E-state index >= 15 is 8.78 Å². The molecule has 1 aliphatic carbocycles. The summed E-state index contributed by atoms with van der Waals surface area (Å²) in [5, 5.41) is 7.01. The Morgan fingerprint density at radius 3 is 2.62 bits per heavy atom. The van der Waals surface area contributed by atoms with Crippen LogP contribution in [0.5, 0.6) is 0 Å². The van der Waals surface area contributed by atoms with E-state index in [9.17, 15) is 27.2 Å². The average Bonchev–Trinajstić information content (AvgIpc) is 3.27. The van der Waals surface area contributed by atoms with Gasteiger partial charge in [-0.25, -0.2) is 17.2 Å². The van der Waals surface area contributed by atoms with E-state index in [1.54, 1.807) is 25.1 Å². The molecule has 1 saturated carbocycles. The van der Waals surface area contributed by atoms with Gasteiger partial charge in [0.05, 0.1) is 18.5 Å². The molecule has 0 unspecified atom stereocenters. The fourth-order valence-electron chi connectivity index (χ4n) is 5.82. The van der Waals surface area contributed by atoms with Gasteiger partial charge >= 0.3 is 0 Å². The monoisotopic (exact) mass is 604 g/mol. The van der Waals surface area contributed by atoms with Gasteiger partial charge in [-0.2, -0.15) is 4.39 Å². The Bertz CT molecular complexity index is 1330. The minimum atomic E-state index is -4.26. The first-order valence-corrected chi connectivity index (χ1v) is 15.3. The zero-order valence-electron chi connectivity index (χ0n) is 22.1. The number of benzene rings is 1. The summed E-state index contributed by atoms with van der Waals surface area (Å²) < 4.78 is 67.9. The highest BCUT2D eigenvalue weighted by molar-refractivity contribution is 7.94. The van der Waals surface area contributed by atoms with Crippen LogP contribution in [0.3, 0.4) is 0 Å². The second-order valence-electron chi connectivity index (χ2n) is 10.7. The average molecular weight is 605 g/mol. The van der Waals surface area contributed by atoms with Gasteiger partial charge in [0.1, 0.15) is 6.04 Å². The Morgan fingerprint density at radius 1 is 1.27 bits per heavy atom. The first kappa shape index (κ1) is 30.2. The highest BCUT2D eigenvalue weighted by Gasteiger charge is 2.60. The van der Waals surface area contributed by atoms with Crippen LogP contribution >= 0.6 is 11.6 Å². The molecule has 4 fully saturated rings. The normalized spacial score (nSPS) is 26.8. The van der Waals surface area contributed by atoms with E-state index in [-0.39, 0.29) is 25.3 Å². The van der Waals surface area contributed by atoms with Crippen LogP contribution in [0.15, 0.2) is 29.4 Å². The minimum Gasteiger partial charge on any atom is -0.376 e. The van der Waals surface area contributed by atoms with E-state index in [1.807, 2.05) is 0 Å². The molecule has 0 radical (unpaired) electrons. The van der Waals surface area contributed by atoms with E-state index in [0.717, 1.165) is 0 Å². The maximum Gasteiger partial charge on any atom is 0.255 e. The van der Waals surface area contributed by atoms with Crippen LogP contribution < -0.4 is 16.0 Å². The van der Waals surface area contributed by atoms with Crippen LogP contribution in [0.2, 0.25) is 5.02 Å². The van der Waals surface area contributed by atoms with Crippen molar-refractivity contribution < 1.29 is 36.0 Å². The van der Waals surface area contributed by atoms with Gasteiger partial charge in [-0.15, -0.1) is 0 Å². The van der Waals surface area contributed by atoms with Crippen molar-refractivity contribution in [3.05, 3.63) is 40.0 Å². The number of halogens is 4. The molecule has 0 spiro atoms. The molecule has 40 heavy (non-hydrogen) atoms. The molecule has 2 bridgehead atoms. The molecule has 4 aliphatic rings. The molecule has 3 saturated heterocycles. The fraction of sp³-hybridized carbons (Fsp3) is 0.577. The molecule has 3 heterocycles. The van der Waals surface area contributed by atoms with Crippen molar-refractivity contribution >= 4 is 44.8 Å². The van der Waals surface area contributed by atoms with E-state index in [2.05, 4.69) is 16.0 Å². The highest BCUT2D eigenvalue weighted by atomic mass is 35.5. The Morgan fingerprint density at radius 2 is 2.00 bits per heavy atom. The number of nitrogens with zero attached hydrogens (tertiary/aromatic N) is 1. The molecule has 3 aliphatic heterocycles. The quantitative estimate of drug-likeness (QED) is 0.398. The topological polar surface area (TPSA) is 125 Å². The van der Waals surface area contributed by atoms with Crippen LogP contribution in [-0.4, -0.2) is 74.4 Å². The summed E-state index contributed by atoms with van der Waals surface area (Å²) in [6.07, 6.45) is 1.27. The SMILES string of the molecule is Cc1c(Cl)cccc1NCC(=O)N1[C@H]2CC[C@@H]([C@@H]1C(=O)N[C@H](/C=C(\F)S(C)(=O)=O)C[C@@H]1CCNC1=O)C(F)(F)C2. The maximum atomic E-state index is 15.0. The van der Waals surface area contributed by atoms with Gasteiger partial charge in [0.25, 0.3) is 5.92 Å². The lowest BCUT2D eigenvalue weighted by Gasteiger charge is -2.53.